The van der Waals surface area contributed by atoms with E-state index in [1.165, 1.54) is 79.8 Å². The van der Waals surface area contributed by atoms with Crippen LogP contribution in [0.5, 0.6) is 11.5 Å². The first kappa shape index (κ1) is 64.4. The third kappa shape index (κ3) is 16.4. The van der Waals surface area contributed by atoms with Crippen molar-refractivity contribution in [1.29, 1.82) is 0 Å². The largest absolute Gasteiger partial charge is 0.508 e. The van der Waals surface area contributed by atoms with Gasteiger partial charge in [0.2, 0.25) is 0 Å². The molecule has 5 N–H and O–H groups in total. The number of phenols is 2. The zero-order valence-electron chi connectivity index (χ0n) is 52.0. The third-order valence-electron chi connectivity index (χ3n) is 13.8. The Morgan fingerprint density at radius 1 is 0.358 bits per heavy atom. The number of halogens is 3. The molecule has 8 nitrogen and oxygen atoms in total. The maximum Gasteiger partial charge on any atom is 0.130 e. The molecule has 0 aliphatic carbocycles. The topological polar surface area (TPSA) is 126 Å². The molecule has 11 heteroatoms. The SMILES string of the molecule is CC(C)(C)c1c(F)ccc2cn[nH]c12.CC(C)(C)c1c(O)cccc1F.CC(C)(C)c1cc(O)cc2ccccc12.Cc1ccc2[nH]ncc2c1C(C)(C)C.Cc1ccc2cn[nH]c2c1C(C)(C)C.Cc1cccc(F)c1C(C)(C)C. The molecule has 0 bridgehead atoms. The molecule has 3 aromatic heterocycles. The number of benzene rings is 7. The van der Waals surface area contributed by atoms with Crippen LogP contribution in [0.15, 0.2) is 128 Å². The number of fused-ring (bicyclic) bond motifs is 4. The number of H-pyrrole nitrogens is 3. The first-order valence-electron chi connectivity index (χ1n) is 27.8. The summed E-state index contributed by atoms with van der Waals surface area (Å²) in [6, 6.07) is 33.2. The average Bonchev–Trinajstić information content (AvgIpc) is 4.12. The summed E-state index contributed by atoms with van der Waals surface area (Å²) in [5, 5.41) is 45.8. The molecule has 10 aromatic rings. The molecule has 7 aromatic carbocycles. The third-order valence-corrected chi connectivity index (χ3v) is 13.8. The first-order chi connectivity index (χ1) is 37.3. The predicted octanol–water partition coefficient (Wildman–Crippen LogP) is 19.4. The minimum Gasteiger partial charge on any atom is -0.508 e. The van der Waals surface area contributed by atoms with Crippen molar-refractivity contribution >= 4 is 43.5 Å². The monoisotopic (exact) mass is 1100 g/mol. The van der Waals surface area contributed by atoms with Crippen molar-refractivity contribution in [3.8, 4) is 11.5 Å². The van der Waals surface area contributed by atoms with Gasteiger partial charge >= 0.3 is 0 Å². The lowest BCUT2D eigenvalue weighted by Gasteiger charge is -2.22. The number of nitrogens with one attached hydrogen (secondary N) is 3. The lowest BCUT2D eigenvalue weighted by Crippen LogP contribution is -2.15. The van der Waals surface area contributed by atoms with Crippen LogP contribution in [-0.4, -0.2) is 40.8 Å². The summed E-state index contributed by atoms with van der Waals surface area (Å²) in [6.45, 7) is 43.8. The van der Waals surface area contributed by atoms with Crippen molar-refractivity contribution in [2.45, 2.75) is 178 Å². The first-order valence-corrected chi connectivity index (χ1v) is 27.8. The van der Waals surface area contributed by atoms with Crippen LogP contribution in [0.4, 0.5) is 13.2 Å². The molecule has 0 fully saturated rings. The predicted molar refractivity (Wildman–Crippen MR) is 335 cm³/mol. The van der Waals surface area contributed by atoms with Crippen LogP contribution in [0.25, 0.3) is 43.5 Å². The molecule has 432 valence electrons. The van der Waals surface area contributed by atoms with Crippen LogP contribution in [0, 0.1) is 38.2 Å². The van der Waals surface area contributed by atoms with Gasteiger partial charge in [-0.25, -0.2) is 13.2 Å². The molecule has 10 rings (SSSR count). The Bertz CT molecular complexity index is 3390. The van der Waals surface area contributed by atoms with Gasteiger partial charge in [0.05, 0.1) is 35.1 Å². The number of phenolic OH excluding ortho intramolecular Hbond substituents is 2. The molecule has 3 heterocycles. The lowest BCUT2D eigenvalue weighted by molar-refractivity contribution is 0.429. The van der Waals surface area contributed by atoms with Crippen LogP contribution in [0.3, 0.4) is 0 Å². The number of rotatable bonds is 0. The highest BCUT2D eigenvalue weighted by Crippen LogP contribution is 2.37. The van der Waals surface area contributed by atoms with Crippen molar-refractivity contribution in [1.82, 2.24) is 30.6 Å². The fourth-order valence-electron chi connectivity index (χ4n) is 10.7. The Hall–Kier alpha value is -7.40. The number of hydrogen-bond donors (Lipinski definition) is 5. The van der Waals surface area contributed by atoms with E-state index in [1.54, 1.807) is 18.3 Å². The summed E-state index contributed by atoms with van der Waals surface area (Å²) in [5.74, 6) is -0.236. The van der Waals surface area contributed by atoms with Crippen molar-refractivity contribution in [2.24, 2.45) is 0 Å². The van der Waals surface area contributed by atoms with Gasteiger partial charge in [-0.1, -0.05) is 185 Å². The van der Waals surface area contributed by atoms with Crippen LogP contribution >= 0.6 is 0 Å². The van der Waals surface area contributed by atoms with E-state index in [4.69, 9.17) is 0 Å². The molecule has 0 saturated carbocycles. The van der Waals surface area contributed by atoms with Crippen molar-refractivity contribution in [2.75, 3.05) is 0 Å². The fraction of sp³-hybridized carbons (Fsp3) is 0.386. The Balaban J connectivity index is 0.000000179. The molecule has 0 saturated heterocycles. The summed E-state index contributed by atoms with van der Waals surface area (Å²) in [5.41, 5.74) is 12.4. The summed E-state index contributed by atoms with van der Waals surface area (Å²) in [6.07, 6.45) is 5.51. The number of aromatic nitrogens is 6. The zero-order chi connectivity index (χ0) is 60.8. The second-order valence-corrected chi connectivity index (χ2v) is 27.2. The maximum absolute atomic E-state index is 13.6. The van der Waals surface area contributed by atoms with Crippen molar-refractivity contribution < 1.29 is 23.4 Å². The summed E-state index contributed by atoms with van der Waals surface area (Å²) < 4.78 is 40.2. The second-order valence-electron chi connectivity index (χ2n) is 27.2. The Morgan fingerprint density at radius 3 is 1.30 bits per heavy atom. The lowest BCUT2D eigenvalue weighted by atomic mass is 9.82. The quantitative estimate of drug-likeness (QED) is 0.103. The molecule has 0 aliphatic heterocycles. The molecular weight excluding hydrogens is 1010 g/mol. The average molecular weight is 1100 g/mol. The Labute approximate surface area is 480 Å². The van der Waals surface area contributed by atoms with Gasteiger partial charge in [0.25, 0.3) is 0 Å². The van der Waals surface area contributed by atoms with Crippen LogP contribution < -0.4 is 0 Å². The molecule has 0 aliphatic rings. The second kappa shape index (κ2) is 25.2. The van der Waals surface area contributed by atoms with Gasteiger partial charge in [0.1, 0.15) is 29.0 Å². The summed E-state index contributed by atoms with van der Waals surface area (Å²) in [4.78, 5) is 0. The fourth-order valence-corrected chi connectivity index (χ4v) is 10.7. The summed E-state index contributed by atoms with van der Waals surface area (Å²) in [7, 11) is 0. The van der Waals surface area contributed by atoms with Gasteiger partial charge in [0.15, 0.2) is 0 Å². The summed E-state index contributed by atoms with van der Waals surface area (Å²) >= 11 is 0. The number of hydrogen-bond acceptors (Lipinski definition) is 5. The van der Waals surface area contributed by atoms with Gasteiger partial charge in [0, 0.05) is 27.3 Å². The van der Waals surface area contributed by atoms with Crippen molar-refractivity contribution in [3.63, 3.8) is 0 Å². The van der Waals surface area contributed by atoms with Gasteiger partial charge < -0.3 is 10.2 Å². The maximum atomic E-state index is 13.6. The van der Waals surface area contributed by atoms with Crippen LogP contribution in [-0.2, 0) is 32.5 Å². The minimum absolute atomic E-state index is 0.0301. The smallest absolute Gasteiger partial charge is 0.130 e. The Kier molecular flexibility index (Phi) is 20.0. The molecule has 0 amide bonds. The van der Waals surface area contributed by atoms with E-state index in [2.05, 4.69) is 137 Å². The highest BCUT2D eigenvalue weighted by molar-refractivity contribution is 5.88. The van der Waals surface area contributed by atoms with E-state index >= 15 is 0 Å². The van der Waals surface area contributed by atoms with E-state index in [-0.39, 0.29) is 55.7 Å². The molecular formula is C70H89F3N6O2. The standard InChI is InChI=1S/C14H16O.2C12H16N2.C11H13FN2.C11H15F.C10H13FO/c1-14(2,3)13-9-11(15)8-10-6-4-5-7-12(10)13;1-8-5-6-10-9(7-13-14-10)11(8)12(2,3)4;1-8-5-6-9-7-13-14-11(9)10(8)12(2,3)4;1-11(2,3)9-8(12)5-4-7-6-13-14-10(7)9;1-8-6-5-7-9(12)10(8)11(2,3)4;1-10(2,3)9-7(11)5-4-6-8(9)12/h4-9,15H,1-3H3;2*5-7H,1-4H3,(H,13,14);4-6H,1-3H3,(H,13,14);5-7H,1-4H3;4-6,12H,1-3H3. The van der Waals surface area contributed by atoms with Crippen LogP contribution in [0.2, 0.25) is 0 Å². The highest BCUT2D eigenvalue weighted by Gasteiger charge is 2.25. The van der Waals surface area contributed by atoms with Crippen LogP contribution in [0.1, 0.15) is 175 Å². The molecule has 0 radical (unpaired) electrons. The molecule has 0 unspecified atom stereocenters. The van der Waals surface area contributed by atoms with E-state index in [0.29, 0.717) is 16.9 Å². The minimum atomic E-state index is -0.352. The number of aryl methyl sites for hydroxylation is 3. The van der Waals surface area contributed by atoms with E-state index in [1.807, 2.05) is 118 Å². The van der Waals surface area contributed by atoms with Gasteiger partial charge in [-0.3, -0.25) is 15.3 Å². The van der Waals surface area contributed by atoms with Gasteiger partial charge in [-0.05, 0) is 152 Å². The molecule has 81 heavy (non-hydrogen) atoms. The Morgan fingerprint density at radius 2 is 0.802 bits per heavy atom. The van der Waals surface area contributed by atoms with E-state index in [9.17, 15) is 23.4 Å². The number of aromatic amines is 3. The highest BCUT2D eigenvalue weighted by atomic mass is 19.1. The number of nitrogens with zero attached hydrogens (tertiary/aromatic N) is 3. The van der Waals surface area contributed by atoms with Crippen molar-refractivity contribution in [3.05, 3.63) is 195 Å². The van der Waals surface area contributed by atoms with E-state index < -0.39 is 0 Å². The van der Waals surface area contributed by atoms with Gasteiger partial charge in [-0.2, -0.15) is 15.3 Å². The molecule has 0 atom stereocenters. The normalized spacial score (nSPS) is 12.0. The van der Waals surface area contributed by atoms with Gasteiger partial charge in [-0.15, -0.1) is 0 Å². The molecule has 0 spiro atoms. The number of aromatic hydroxyl groups is 2. The van der Waals surface area contributed by atoms with E-state index in [0.717, 1.165) is 32.9 Å². The zero-order valence-corrected chi connectivity index (χ0v) is 52.0.